The van der Waals surface area contributed by atoms with Crippen LogP contribution >= 0.6 is 11.3 Å². The van der Waals surface area contributed by atoms with Gasteiger partial charge in [-0.05, 0) is 17.0 Å². The Morgan fingerprint density at radius 1 is 1.26 bits per heavy atom. The Morgan fingerprint density at radius 3 is 2.58 bits per heavy atom. The van der Waals surface area contributed by atoms with Gasteiger partial charge in [-0.3, -0.25) is 0 Å². The molecule has 0 aromatic carbocycles. The van der Waals surface area contributed by atoms with E-state index in [9.17, 15) is 0 Å². The number of aromatic nitrogens is 2. The maximum Gasteiger partial charge on any atom is 0.125 e. The first-order chi connectivity index (χ1) is 8.97. The Hall–Kier alpha value is -1.42. The van der Waals surface area contributed by atoms with E-state index in [0.29, 0.717) is 5.92 Å². The standard InChI is InChI=1S/C15H21N3S/c1-11(14-16-7-8-19-14)9-17-13-6-5-12(10-18-13)15(2,3)4/h5-8,10-11H,9H2,1-4H3,(H,17,18). The van der Waals surface area contributed by atoms with Crippen molar-refractivity contribution in [2.75, 3.05) is 11.9 Å². The lowest BCUT2D eigenvalue weighted by Crippen LogP contribution is -2.13. The second-order valence-corrected chi connectivity index (χ2v) is 6.76. The fraction of sp³-hybridized carbons (Fsp3) is 0.467. The second kappa shape index (κ2) is 5.70. The van der Waals surface area contributed by atoms with E-state index >= 15 is 0 Å². The highest BCUT2D eigenvalue weighted by Crippen LogP contribution is 2.22. The summed E-state index contributed by atoms with van der Waals surface area (Å²) in [5.74, 6) is 1.33. The number of anilines is 1. The first-order valence-electron chi connectivity index (χ1n) is 6.56. The van der Waals surface area contributed by atoms with Crippen molar-refractivity contribution in [2.45, 2.75) is 39.0 Å². The third kappa shape index (κ3) is 3.77. The van der Waals surface area contributed by atoms with Crippen molar-refractivity contribution in [3.05, 3.63) is 40.5 Å². The minimum Gasteiger partial charge on any atom is -0.369 e. The molecule has 19 heavy (non-hydrogen) atoms. The molecule has 0 spiro atoms. The lowest BCUT2D eigenvalue weighted by atomic mass is 9.88. The van der Waals surface area contributed by atoms with Crippen LogP contribution in [0.2, 0.25) is 0 Å². The maximum absolute atomic E-state index is 4.47. The summed E-state index contributed by atoms with van der Waals surface area (Å²) >= 11 is 1.70. The van der Waals surface area contributed by atoms with Gasteiger partial charge in [0.1, 0.15) is 5.82 Å². The molecule has 0 amide bonds. The van der Waals surface area contributed by atoms with E-state index in [1.54, 1.807) is 11.3 Å². The number of hydrogen-bond donors (Lipinski definition) is 1. The number of rotatable bonds is 4. The van der Waals surface area contributed by atoms with Gasteiger partial charge >= 0.3 is 0 Å². The normalized spacial score (nSPS) is 13.3. The van der Waals surface area contributed by atoms with Gasteiger partial charge in [0.05, 0.1) is 5.01 Å². The number of thiazole rings is 1. The van der Waals surface area contributed by atoms with Crippen molar-refractivity contribution < 1.29 is 0 Å². The van der Waals surface area contributed by atoms with E-state index in [2.05, 4.69) is 55.1 Å². The van der Waals surface area contributed by atoms with Crippen LogP contribution in [0, 0.1) is 0 Å². The van der Waals surface area contributed by atoms with Crippen LogP contribution < -0.4 is 5.32 Å². The summed E-state index contributed by atoms with van der Waals surface area (Å²) in [6, 6.07) is 4.19. The molecule has 2 rings (SSSR count). The zero-order valence-electron chi connectivity index (χ0n) is 12.0. The van der Waals surface area contributed by atoms with Crippen molar-refractivity contribution in [1.82, 2.24) is 9.97 Å². The molecule has 1 N–H and O–H groups in total. The van der Waals surface area contributed by atoms with Crippen molar-refractivity contribution in [3.8, 4) is 0 Å². The zero-order valence-corrected chi connectivity index (χ0v) is 12.8. The summed E-state index contributed by atoms with van der Waals surface area (Å²) in [7, 11) is 0. The first kappa shape index (κ1) is 14.0. The van der Waals surface area contributed by atoms with Crippen LogP contribution in [-0.4, -0.2) is 16.5 Å². The Balaban J connectivity index is 1.93. The molecule has 4 heteroatoms. The van der Waals surface area contributed by atoms with Crippen LogP contribution in [0.25, 0.3) is 0 Å². The molecule has 0 bridgehead atoms. The van der Waals surface area contributed by atoms with Gasteiger partial charge in [0, 0.05) is 30.2 Å². The lowest BCUT2D eigenvalue weighted by Gasteiger charge is -2.19. The molecule has 0 aliphatic rings. The first-order valence-corrected chi connectivity index (χ1v) is 7.44. The van der Waals surface area contributed by atoms with Gasteiger partial charge in [-0.25, -0.2) is 9.97 Å². The third-order valence-corrected chi connectivity index (χ3v) is 4.10. The van der Waals surface area contributed by atoms with Crippen molar-refractivity contribution in [3.63, 3.8) is 0 Å². The molecule has 102 valence electrons. The minimum absolute atomic E-state index is 0.152. The highest BCUT2D eigenvalue weighted by Gasteiger charge is 2.14. The monoisotopic (exact) mass is 275 g/mol. The molecule has 0 fully saturated rings. The molecule has 0 saturated carbocycles. The van der Waals surface area contributed by atoms with E-state index in [1.165, 1.54) is 10.6 Å². The van der Waals surface area contributed by atoms with E-state index in [4.69, 9.17) is 0 Å². The van der Waals surface area contributed by atoms with E-state index in [1.807, 2.05) is 17.8 Å². The summed E-state index contributed by atoms with van der Waals surface area (Å²) in [6.45, 7) is 9.62. The molecule has 2 aromatic heterocycles. The van der Waals surface area contributed by atoms with E-state index in [-0.39, 0.29) is 5.41 Å². The van der Waals surface area contributed by atoms with Crippen molar-refractivity contribution in [1.29, 1.82) is 0 Å². The molecular weight excluding hydrogens is 254 g/mol. The fourth-order valence-electron chi connectivity index (χ4n) is 1.76. The van der Waals surface area contributed by atoms with Crippen molar-refractivity contribution in [2.24, 2.45) is 0 Å². The average Bonchev–Trinajstić information content (AvgIpc) is 2.89. The molecule has 0 aliphatic heterocycles. The van der Waals surface area contributed by atoms with Gasteiger partial charge in [0.15, 0.2) is 0 Å². The van der Waals surface area contributed by atoms with Crippen LogP contribution in [0.3, 0.4) is 0 Å². The molecule has 1 atom stereocenters. The molecule has 0 aliphatic carbocycles. The molecule has 2 aromatic rings. The van der Waals surface area contributed by atoms with Crippen LogP contribution in [-0.2, 0) is 5.41 Å². The van der Waals surface area contributed by atoms with Crippen LogP contribution in [0.5, 0.6) is 0 Å². The average molecular weight is 275 g/mol. The number of pyridine rings is 1. The summed E-state index contributed by atoms with van der Waals surface area (Å²) in [4.78, 5) is 8.80. The Kier molecular flexibility index (Phi) is 4.20. The Morgan fingerprint density at radius 2 is 2.05 bits per heavy atom. The quantitative estimate of drug-likeness (QED) is 0.914. The summed E-state index contributed by atoms with van der Waals surface area (Å²) < 4.78 is 0. The molecular formula is C15H21N3S. The van der Waals surface area contributed by atoms with E-state index in [0.717, 1.165) is 12.4 Å². The van der Waals surface area contributed by atoms with Crippen LogP contribution in [0.15, 0.2) is 29.9 Å². The second-order valence-electron chi connectivity index (χ2n) is 5.83. The third-order valence-electron chi connectivity index (χ3n) is 3.09. The van der Waals surface area contributed by atoms with E-state index < -0.39 is 0 Å². The lowest BCUT2D eigenvalue weighted by molar-refractivity contribution is 0.587. The maximum atomic E-state index is 4.47. The van der Waals surface area contributed by atoms with Gasteiger partial charge in [-0.1, -0.05) is 33.8 Å². The summed E-state index contributed by atoms with van der Waals surface area (Å²) in [5, 5.41) is 6.55. The molecule has 3 nitrogen and oxygen atoms in total. The SMILES string of the molecule is CC(CNc1ccc(C(C)(C)C)cn1)c1nccs1. The smallest absolute Gasteiger partial charge is 0.125 e. The van der Waals surface area contributed by atoms with Gasteiger partial charge in [-0.15, -0.1) is 11.3 Å². The highest BCUT2D eigenvalue weighted by atomic mass is 32.1. The molecule has 2 heterocycles. The largest absolute Gasteiger partial charge is 0.369 e. The Bertz CT molecular complexity index is 497. The van der Waals surface area contributed by atoms with Crippen molar-refractivity contribution >= 4 is 17.2 Å². The number of nitrogens with one attached hydrogen (secondary N) is 1. The van der Waals surface area contributed by atoms with Gasteiger partial charge < -0.3 is 5.32 Å². The Labute approximate surface area is 119 Å². The number of hydrogen-bond acceptors (Lipinski definition) is 4. The van der Waals surface area contributed by atoms with Crippen LogP contribution in [0.1, 0.15) is 44.2 Å². The molecule has 1 unspecified atom stereocenters. The highest BCUT2D eigenvalue weighted by molar-refractivity contribution is 7.09. The zero-order chi connectivity index (χ0) is 13.9. The fourth-order valence-corrected chi connectivity index (χ4v) is 2.46. The predicted octanol–water partition coefficient (Wildman–Crippen LogP) is 4.05. The summed E-state index contributed by atoms with van der Waals surface area (Å²) in [5.41, 5.74) is 1.41. The van der Waals surface area contributed by atoms with Crippen LogP contribution in [0.4, 0.5) is 5.82 Å². The molecule has 0 saturated heterocycles. The van der Waals surface area contributed by atoms with Gasteiger partial charge in [-0.2, -0.15) is 0 Å². The predicted molar refractivity (Wildman–Crippen MR) is 82.0 cm³/mol. The van der Waals surface area contributed by atoms with Gasteiger partial charge in [0.25, 0.3) is 0 Å². The topological polar surface area (TPSA) is 37.8 Å². The van der Waals surface area contributed by atoms with Gasteiger partial charge in [0.2, 0.25) is 0 Å². The minimum atomic E-state index is 0.152. The number of nitrogens with zero attached hydrogens (tertiary/aromatic N) is 2. The molecule has 0 radical (unpaired) electrons. The summed E-state index contributed by atoms with van der Waals surface area (Å²) in [6.07, 6.45) is 3.81.